The number of carboxylic acids is 1. The number of carbonyl (C=O) groups is 2. The monoisotopic (exact) mass is 394 g/mol. The normalized spacial score (nSPS) is 34.2. The Morgan fingerprint density at radius 3 is 2.52 bits per heavy atom. The van der Waals surface area contributed by atoms with E-state index in [0.29, 0.717) is 22.8 Å². The fraction of sp³-hybridized carbons (Fsp3) is 0.692. The molecule has 4 atom stereocenters. The van der Waals surface area contributed by atoms with Gasteiger partial charge in [0.2, 0.25) is 0 Å². The van der Waals surface area contributed by atoms with Crippen LogP contribution in [0.5, 0.6) is 0 Å². The van der Waals surface area contributed by atoms with Crippen molar-refractivity contribution in [2.45, 2.75) is 89.9 Å². The van der Waals surface area contributed by atoms with Gasteiger partial charge in [0, 0.05) is 11.5 Å². The second kappa shape index (κ2) is 7.25. The van der Waals surface area contributed by atoms with E-state index in [1.54, 1.807) is 6.07 Å². The summed E-state index contributed by atoms with van der Waals surface area (Å²) in [7, 11) is 0. The summed E-state index contributed by atoms with van der Waals surface area (Å²) >= 11 is 0. The molecule has 0 bridgehead atoms. The van der Waals surface area contributed by atoms with Gasteiger partial charge in [-0.2, -0.15) is 0 Å². The molecule has 0 radical (unpaired) electrons. The van der Waals surface area contributed by atoms with Crippen molar-refractivity contribution in [3.63, 3.8) is 0 Å². The number of fused-ring (bicyclic) bond motifs is 5. The van der Waals surface area contributed by atoms with Crippen LogP contribution in [0.2, 0.25) is 0 Å². The van der Waals surface area contributed by atoms with Crippen molar-refractivity contribution < 1.29 is 14.7 Å². The number of rotatable bonds is 3. The first kappa shape index (κ1) is 19.3. The van der Waals surface area contributed by atoms with E-state index in [2.05, 4.69) is 6.92 Å². The third-order valence-electron chi connectivity index (χ3n) is 9.09. The van der Waals surface area contributed by atoms with Crippen LogP contribution < -0.4 is 0 Å². The van der Waals surface area contributed by atoms with Gasteiger partial charge in [-0.3, -0.25) is 4.79 Å². The van der Waals surface area contributed by atoms with Crippen LogP contribution in [-0.2, 0) is 6.42 Å². The summed E-state index contributed by atoms with van der Waals surface area (Å²) in [6.07, 6.45) is 14.0. The molecule has 1 N–H and O–H groups in total. The van der Waals surface area contributed by atoms with Crippen LogP contribution in [0.4, 0.5) is 0 Å². The van der Waals surface area contributed by atoms with E-state index in [-0.39, 0.29) is 11.7 Å². The Labute approximate surface area is 174 Å². The lowest BCUT2D eigenvalue weighted by Gasteiger charge is -2.49. The van der Waals surface area contributed by atoms with Crippen molar-refractivity contribution in [1.29, 1.82) is 0 Å². The minimum atomic E-state index is -0.903. The first-order valence-electron chi connectivity index (χ1n) is 11.9. The lowest BCUT2D eigenvalue weighted by Crippen LogP contribution is -2.40. The molecule has 1 aromatic carbocycles. The van der Waals surface area contributed by atoms with Gasteiger partial charge in [-0.25, -0.2) is 4.79 Å². The zero-order valence-electron chi connectivity index (χ0n) is 17.7. The molecule has 0 amide bonds. The van der Waals surface area contributed by atoms with Crippen LogP contribution in [0.3, 0.4) is 0 Å². The Kier molecular flexibility index (Phi) is 4.83. The minimum Gasteiger partial charge on any atom is -0.478 e. The topological polar surface area (TPSA) is 54.4 Å². The second-order valence-electron chi connectivity index (χ2n) is 10.6. The maximum atomic E-state index is 13.6. The molecule has 1 aromatic rings. The van der Waals surface area contributed by atoms with Gasteiger partial charge in [0.25, 0.3) is 0 Å². The standard InChI is InChI=1S/C26H34O3/c1-26-12-5-8-22(26)19-10-9-17-14-18(25(28)29)15-21(23(17)20(19)11-13-26)24(27)16-6-3-2-4-7-16/h14-16,19-20,22H,2-13H2,1H3,(H,28,29)/t19-,20+,22+,26+/m1/s1. The molecule has 156 valence electrons. The number of carbonyl (C=O) groups excluding carboxylic acids is 1. The van der Waals surface area contributed by atoms with Gasteiger partial charge in [-0.15, -0.1) is 0 Å². The van der Waals surface area contributed by atoms with Gasteiger partial charge < -0.3 is 5.11 Å². The van der Waals surface area contributed by atoms with Crippen LogP contribution in [0.15, 0.2) is 12.1 Å². The predicted octanol–water partition coefficient (Wildman–Crippen LogP) is 6.39. The molecule has 0 saturated heterocycles. The molecule has 0 aromatic heterocycles. The summed E-state index contributed by atoms with van der Waals surface area (Å²) in [5.74, 6) is 1.35. The Hall–Kier alpha value is -1.64. The number of benzene rings is 1. The van der Waals surface area contributed by atoms with Crippen LogP contribution in [0, 0.1) is 23.2 Å². The summed E-state index contributed by atoms with van der Waals surface area (Å²) in [6, 6.07) is 3.62. The van der Waals surface area contributed by atoms with E-state index >= 15 is 0 Å². The van der Waals surface area contributed by atoms with Gasteiger partial charge in [-0.05, 0) is 97.8 Å². The Morgan fingerprint density at radius 2 is 1.76 bits per heavy atom. The smallest absolute Gasteiger partial charge is 0.335 e. The number of hydrogen-bond donors (Lipinski definition) is 1. The zero-order valence-corrected chi connectivity index (χ0v) is 17.7. The number of Topliss-reactive ketones (excluding diaryl/α,β-unsaturated/α-hetero) is 1. The average molecular weight is 395 g/mol. The van der Waals surface area contributed by atoms with Crippen LogP contribution in [0.25, 0.3) is 0 Å². The van der Waals surface area contributed by atoms with Gasteiger partial charge in [0.15, 0.2) is 5.78 Å². The van der Waals surface area contributed by atoms with Crippen LogP contribution in [0.1, 0.15) is 115 Å². The second-order valence-corrected chi connectivity index (χ2v) is 10.6. The average Bonchev–Trinajstić information content (AvgIpc) is 3.14. The molecule has 0 unspecified atom stereocenters. The van der Waals surface area contributed by atoms with Gasteiger partial charge in [0.1, 0.15) is 0 Å². The highest BCUT2D eigenvalue weighted by molar-refractivity contribution is 6.02. The molecule has 0 spiro atoms. The van der Waals surface area contributed by atoms with Crippen molar-refractivity contribution in [1.82, 2.24) is 0 Å². The largest absolute Gasteiger partial charge is 0.478 e. The molecule has 3 saturated carbocycles. The molecule has 5 rings (SSSR count). The fourth-order valence-corrected chi connectivity index (χ4v) is 7.63. The van der Waals surface area contributed by atoms with Crippen molar-refractivity contribution in [3.8, 4) is 0 Å². The first-order valence-corrected chi connectivity index (χ1v) is 11.9. The van der Waals surface area contributed by atoms with Crippen molar-refractivity contribution in [3.05, 3.63) is 34.4 Å². The SMILES string of the molecule is C[C@@]12CCC[C@H]1[C@@H]1CCc3cc(C(=O)O)cc(C(=O)C4CCCCC4)c3[C@H]1CC2. The molecule has 3 nitrogen and oxygen atoms in total. The Morgan fingerprint density at radius 1 is 0.966 bits per heavy atom. The van der Waals surface area contributed by atoms with Gasteiger partial charge >= 0.3 is 5.97 Å². The molecule has 4 aliphatic rings. The summed E-state index contributed by atoms with van der Waals surface area (Å²) in [5, 5.41) is 9.68. The highest BCUT2D eigenvalue weighted by Gasteiger charge is 2.51. The number of aromatic carboxylic acids is 1. The summed E-state index contributed by atoms with van der Waals surface area (Å²) < 4.78 is 0. The van der Waals surface area contributed by atoms with Crippen LogP contribution in [-0.4, -0.2) is 16.9 Å². The summed E-state index contributed by atoms with van der Waals surface area (Å²) in [6.45, 7) is 2.50. The van der Waals surface area contributed by atoms with Crippen LogP contribution >= 0.6 is 0 Å². The maximum absolute atomic E-state index is 13.6. The zero-order chi connectivity index (χ0) is 20.2. The Balaban J connectivity index is 1.58. The van der Waals surface area contributed by atoms with E-state index in [9.17, 15) is 14.7 Å². The molecule has 29 heavy (non-hydrogen) atoms. The lowest BCUT2D eigenvalue weighted by molar-refractivity contribution is 0.0589. The minimum absolute atomic E-state index is 0.0950. The van der Waals surface area contributed by atoms with E-state index in [1.165, 1.54) is 44.1 Å². The lowest BCUT2D eigenvalue weighted by atomic mass is 9.55. The molecule has 3 fully saturated rings. The molecular weight excluding hydrogens is 360 g/mol. The molecule has 0 aliphatic heterocycles. The quantitative estimate of drug-likeness (QED) is 0.604. The third-order valence-corrected chi connectivity index (χ3v) is 9.09. The molecule has 0 heterocycles. The van der Waals surface area contributed by atoms with E-state index in [4.69, 9.17) is 0 Å². The number of ketones is 1. The highest BCUT2D eigenvalue weighted by atomic mass is 16.4. The summed E-state index contributed by atoms with van der Waals surface area (Å²) in [5.41, 5.74) is 4.00. The maximum Gasteiger partial charge on any atom is 0.335 e. The highest BCUT2D eigenvalue weighted by Crippen LogP contribution is 2.61. The predicted molar refractivity (Wildman–Crippen MR) is 114 cm³/mol. The van der Waals surface area contributed by atoms with Gasteiger partial charge in [-0.1, -0.05) is 32.6 Å². The first-order chi connectivity index (χ1) is 14.0. The molecule has 4 aliphatic carbocycles. The number of carboxylic acid groups (broad SMARTS) is 1. The number of hydrogen-bond acceptors (Lipinski definition) is 2. The van der Waals surface area contributed by atoms with Crippen molar-refractivity contribution in [2.24, 2.45) is 23.2 Å². The molecule has 3 heteroatoms. The van der Waals surface area contributed by atoms with Gasteiger partial charge in [0.05, 0.1) is 5.56 Å². The fourth-order valence-electron chi connectivity index (χ4n) is 7.63. The van der Waals surface area contributed by atoms with Crippen molar-refractivity contribution >= 4 is 11.8 Å². The third kappa shape index (κ3) is 3.16. The Bertz CT molecular complexity index is 835. The molecular formula is C26H34O3. The van der Waals surface area contributed by atoms with Crippen molar-refractivity contribution in [2.75, 3.05) is 0 Å². The van der Waals surface area contributed by atoms with E-state index < -0.39 is 5.97 Å². The van der Waals surface area contributed by atoms with E-state index in [0.717, 1.165) is 55.6 Å². The summed E-state index contributed by atoms with van der Waals surface area (Å²) in [4.78, 5) is 25.4. The van der Waals surface area contributed by atoms with E-state index in [1.807, 2.05) is 6.07 Å². The number of aryl methyl sites for hydroxylation is 1.